The van der Waals surface area contributed by atoms with Crippen LogP contribution >= 0.6 is 0 Å². The molecular formula is C27H31FN4O7. The average molecular weight is 543 g/mol. The molecule has 2 amide bonds. The van der Waals surface area contributed by atoms with Crippen LogP contribution in [0, 0.1) is 5.82 Å². The van der Waals surface area contributed by atoms with Gasteiger partial charge in [-0.25, -0.2) is 18.7 Å². The molecule has 0 unspecified atom stereocenters. The molecule has 3 N–H and O–H groups in total. The van der Waals surface area contributed by atoms with Crippen molar-refractivity contribution in [1.29, 1.82) is 0 Å². The number of nitrogens with zero attached hydrogens (tertiary/aromatic N) is 2. The molecule has 0 radical (unpaired) electrons. The number of aliphatic carboxylic acids is 1. The molecule has 3 rings (SSSR count). The smallest absolute Gasteiger partial charge is 0.407 e. The number of nitrogens with one attached hydrogen (secondary N) is 2. The molecule has 12 heteroatoms. The van der Waals surface area contributed by atoms with Gasteiger partial charge >= 0.3 is 12.1 Å². The number of amides is 2. The number of methoxy groups -OCH3 is 2. The summed E-state index contributed by atoms with van der Waals surface area (Å²) in [5.74, 6) is -1.65. The minimum Gasteiger partial charge on any atom is -0.496 e. The van der Waals surface area contributed by atoms with Gasteiger partial charge in [0.2, 0.25) is 0 Å². The lowest BCUT2D eigenvalue weighted by molar-refractivity contribution is -0.139. The first-order valence-electron chi connectivity index (χ1n) is 12.0. The summed E-state index contributed by atoms with van der Waals surface area (Å²) >= 11 is 0. The molecule has 0 aliphatic carbocycles. The van der Waals surface area contributed by atoms with Gasteiger partial charge in [0.15, 0.2) is 5.69 Å². The maximum absolute atomic E-state index is 13.6. The minimum atomic E-state index is -1.33. The third-order valence-electron chi connectivity index (χ3n) is 5.40. The number of alkyl carbamates (subject to hydrolysis) is 1. The predicted molar refractivity (Wildman–Crippen MR) is 140 cm³/mol. The Morgan fingerprint density at radius 2 is 1.67 bits per heavy atom. The first-order chi connectivity index (χ1) is 18.4. The Morgan fingerprint density at radius 1 is 1.05 bits per heavy atom. The number of carboxylic acid groups (broad SMARTS) is 1. The fourth-order valence-electron chi connectivity index (χ4n) is 3.68. The highest BCUT2D eigenvalue weighted by Gasteiger charge is 2.26. The van der Waals surface area contributed by atoms with Gasteiger partial charge in [0.05, 0.1) is 31.2 Å². The van der Waals surface area contributed by atoms with Crippen molar-refractivity contribution in [2.24, 2.45) is 0 Å². The van der Waals surface area contributed by atoms with Crippen LogP contribution in [0.1, 0.15) is 37.7 Å². The average Bonchev–Trinajstić information content (AvgIpc) is 3.32. The topological polar surface area (TPSA) is 141 Å². The van der Waals surface area contributed by atoms with E-state index in [-0.39, 0.29) is 18.7 Å². The quantitative estimate of drug-likeness (QED) is 0.351. The van der Waals surface area contributed by atoms with Crippen LogP contribution in [0.25, 0.3) is 16.9 Å². The van der Waals surface area contributed by atoms with Crippen molar-refractivity contribution in [2.75, 3.05) is 20.8 Å². The molecule has 0 spiro atoms. The fourth-order valence-corrected chi connectivity index (χ4v) is 3.68. The van der Waals surface area contributed by atoms with Gasteiger partial charge in [0, 0.05) is 6.54 Å². The van der Waals surface area contributed by atoms with Crippen molar-refractivity contribution in [1.82, 2.24) is 20.4 Å². The summed E-state index contributed by atoms with van der Waals surface area (Å²) in [6, 6.07) is 10.7. The van der Waals surface area contributed by atoms with E-state index >= 15 is 0 Å². The number of hydrogen-bond acceptors (Lipinski definition) is 7. The molecule has 3 aromatic rings. The Labute approximate surface area is 224 Å². The second-order valence-corrected chi connectivity index (χ2v) is 9.42. The normalized spacial score (nSPS) is 11.8. The molecule has 2 aromatic carbocycles. The molecule has 1 atom stereocenters. The second kappa shape index (κ2) is 12.3. The third-order valence-corrected chi connectivity index (χ3v) is 5.40. The monoisotopic (exact) mass is 542 g/mol. The van der Waals surface area contributed by atoms with Gasteiger partial charge < -0.3 is 30.0 Å². The number of halogens is 1. The van der Waals surface area contributed by atoms with Gasteiger partial charge in [-0.3, -0.25) is 4.79 Å². The highest BCUT2D eigenvalue weighted by Crippen LogP contribution is 2.39. The third kappa shape index (κ3) is 7.46. The molecular weight excluding hydrogens is 511 g/mol. The molecule has 208 valence electrons. The van der Waals surface area contributed by atoms with Crippen LogP contribution in [-0.2, 0) is 9.53 Å². The molecule has 0 aliphatic heterocycles. The first kappa shape index (κ1) is 29.0. The lowest BCUT2D eigenvalue weighted by Gasteiger charge is -2.20. The zero-order chi connectivity index (χ0) is 28.7. The Bertz CT molecular complexity index is 1310. The van der Waals surface area contributed by atoms with Gasteiger partial charge in [-0.05, 0) is 69.7 Å². The molecule has 0 fully saturated rings. The summed E-state index contributed by atoms with van der Waals surface area (Å²) in [6.07, 6.45) is -0.807. The van der Waals surface area contributed by atoms with E-state index in [0.29, 0.717) is 28.4 Å². The van der Waals surface area contributed by atoms with Crippen molar-refractivity contribution in [3.8, 4) is 28.4 Å². The van der Waals surface area contributed by atoms with E-state index in [1.165, 1.54) is 49.2 Å². The summed E-state index contributed by atoms with van der Waals surface area (Å²) in [5, 5.41) is 18.9. The van der Waals surface area contributed by atoms with Crippen LogP contribution in [0.3, 0.4) is 0 Å². The largest absolute Gasteiger partial charge is 0.496 e. The molecule has 1 heterocycles. The van der Waals surface area contributed by atoms with E-state index in [1.807, 2.05) is 0 Å². The van der Waals surface area contributed by atoms with E-state index in [9.17, 15) is 23.9 Å². The summed E-state index contributed by atoms with van der Waals surface area (Å²) < 4.78 is 31.2. The van der Waals surface area contributed by atoms with Gasteiger partial charge in [0.25, 0.3) is 5.91 Å². The number of carboxylic acids is 1. The van der Waals surface area contributed by atoms with E-state index in [1.54, 1.807) is 39.0 Å². The summed E-state index contributed by atoms with van der Waals surface area (Å²) in [6.45, 7) is 5.05. The Hall–Kier alpha value is -4.61. The maximum Gasteiger partial charge on any atom is 0.407 e. The molecule has 39 heavy (non-hydrogen) atoms. The zero-order valence-electron chi connectivity index (χ0n) is 22.3. The molecule has 0 saturated heterocycles. The zero-order valence-corrected chi connectivity index (χ0v) is 22.3. The van der Waals surface area contributed by atoms with Crippen LogP contribution < -0.4 is 20.1 Å². The highest BCUT2D eigenvalue weighted by molar-refractivity contribution is 5.96. The number of benzene rings is 2. The Morgan fingerprint density at radius 3 is 2.21 bits per heavy atom. The number of carbonyl (C=O) groups is 3. The van der Waals surface area contributed by atoms with Crippen LogP contribution in [0.5, 0.6) is 11.5 Å². The van der Waals surface area contributed by atoms with Crippen molar-refractivity contribution < 1.29 is 38.1 Å². The summed E-state index contributed by atoms with van der Waals surface area (Å²) in [7, 11) is 2.96. The van der Waals surface area contributed by atoms with E-state index in [0.717, 1.165) is 0 Å². The molecule has 0 bridgehead atoms. The van der Waals surface area contributed by atoms with E-state index < -0.39 is 35.4 Å². The Balaban J connectivity index is 1.92. The van der Waals surface area contributed by atoms with Crippen LogP contribution in [0.2, 0.25) is 0 Å². The predicted octanol–water partition coefficient (Wildman–Crippen LogP) is 3.79. The standard InChI is InChI=1S/C27H31FN4O7/c1-27(2,3)39-26(36)29-14-13-18(25(34)35)30-24(33)19-15-20(23-21(37-4)7-6-8-22(23)38-5)32(31-19)17-11-9-16(28)10-12-17/h6-12,15,18H,13-14H2,1-5H3,(H,29,36)(H,30,33)(H,34,35)/t18-/m0/s1. The first-order valence-corrected chi connectivity index (χ1v) is 12.0. The van der Waals surface area contributed by atoms with Gasteiger partial charge in [-0.2, -0.15) is 5.10 Å². The van der Waals surface area contributed by atoms with Gasteiger partial charge in [-0.15, -0.1) is 0 Å². The SMILES string of the molecule is COc1cccc(OC)c1-c1cc(C(=O)N[C@@H](CCNC(=O)OC(C)(C)C)C(=O)O)nn1-c1ccc(F)cc1. The Kier molecular flexibility index (Phi) is 9.12. The molecule has 0 aliphatic rings. The van der Waals surface area contributed by atoms with Crippen molar-refractivity contribution >= 4 is 18.0 Å². The fraction of sp³-hybridized carbons (Fsp3) is 0.333. The lowest BCUT2D eigenvalue weighted by Crippen LogP contribution is -2.43. The van der Waals surface area contributed by atoms with E-state index in [4.69, 9.17) is 14.2 Å². The van der Waals surface area contributed by atoms with Crippen molar-refractivity contribution in [3.05, 3.63) is 60.0 Å². The minimum absolute atomic E-state index is 0.0557. The number of rotatable bonds is 10. The highest BCUT2D eigenvalue weighted by atomic mass is 19.1. The van der Waals surface area contributed by atoms with Crippen LogP contribution in [0.15, 0.2) is 48.5 Å². The summed E-state index contributed by atoms with van der Waals surface area (Å²) in [4.78, 5) is 36.8. The summed E-state index contributed by atoms with van der Waals surface area (Å²) in [5.41, 5.74) is 0.494. The maximum atomic E-state index is 13.6. The number of ether oxygens (including phenoxy) is 3. The van der Waals surface area contributed by atoms with Crippen LogP contribution in [0.4, 0.5) is 9.18 Å². The van der Waals surface area contributed by atoms with Gasteiger partial charge in [0.1, 0.15) is 29.0 Å². The lowest BCUT2D eigenvalue weighted by atomic mass is 10.1. The number of hydrogen-bond donors (Lipinski definition) is 3. The number of carbonyl (C=O) groups excluding carboxylic acids is 2. The molecule has 11 nitrogen and oxygen atoms in total. The van der Waals surface area contributed by atoms with Crippen molar-refractivity contribution in [2.45, 2.75) is 38.8 Å². The van der Waals surface area contributed by atoms with Crippen LogP contribution in [-0.4, -0.2) is 65.3 Å². The molecule has 1 aromatic heterocycles. The van der Waals surface area contributed by atoms with Crippen molar-refractivity contribution in [3.63, 3.8) is 0 Å². The van der Waals surface area contributed by atoms with Gasteiger partial charge in [-0.1, -0.05) is 6.07 Å². The molecule has 0 saturated carbocycles. The van der Waals surface area contributed by atoms with E-state index in [2.05, 4.69) is 15.7 Å². The second-order valence-electron chi connectivity index (χ2n) is 9.42. The number of aromatic nitrogens is 2.